The van der Waals surface area contributed by atoms with Crippen molar-refractivity contribution in [1.29, 1.82) is 0 Å². The van der Waals surface area contributed by atoms with Crippen molar-refractivity contribution in [3.8, 4) is 22.9 Å². The maximum atomic E-state index is 11.0. The molecule has 1 aromatic heterocycles. The van der Waals surface area contributed by atoms with Gasteiger partial charge in [-0.3, -0.25) is 0 Å². The highest BCUT2D eigenvalue weighted by Gasteiger charge is 2.18. The Balaban J connectivity index is 2.59. The summed E-state index contributed by atoms with van der Waals surface area (Å²) in [5, 5.41) is 0. The largest absolute Gasteiger partial charge is 0.490 e. The lowest BCUT2D eigenvalue weighted by Crippen LogP contribution is -2.03. The Kier molecular flexibility index (Phi) is 5.76. The SMILES string of the molecule is CCOc1c(C[PH2]=O)ccc(-c2ncccn2)c1OCC. The molecule has 2 aromatic rings. The highest BCUT2D eigenvalue weighted by atomic mass is 31.1. The van der Waals surface area contributed by atoms with Crippen LogP contribution in [0.1, 0.15) is 19.4 Å². The van der Waals surface area contributed by atoms with Gasteiger partial charge in [0, 0.05) is 24.1 Å². The average molecular weight is 306 g/mol. The second-order valence-electron chi connectivity index (χ2n) is 4.24. The van der Waals surface area contributed by atoms with E-state index in [2.05, 4.69) is 9.97 Å². The molecule has 1 atom stereocenters. The summed E-state index contributed by atoms with van der Waals surface area (Å²) in [6, 6.07) is 5.57. The number of benzene rings is 1. The van der Waals surface area contributed by atoms with Crippen LogP contribution < -0.4 is 9.47 Å². The summed E-state index contributed by atoms with van der Waals surface area (Å²) < 4.78 is 22.5. The molecule has 0 saturated heterocycles. The van der Waals surface area contributed by atoms with Crippen molar-refractivity contribution >= 4 is 8.46 Å². The normalized spacial score (nSPS) is 11.0. The van der Waals surface area contributed by atoms with Crippen molar-refractivity contribution in [2.45, 2.75) is 20.0 Å². The minimum absolute atomic E-state index is 0.491. The van der Waals surface area contributed by atoms with E-state index in [9.17, 15) is 4.57 Å². The van der Waals surface area contributed by atoms with Gasteiger partial charge in [0.25, 0.3) is 0 Å². The van der Waals surface area contributed by atoms with E-state index in [1.807, 2.05) is 26.0 Å². The first kappa shape index (κ1) is 15.5. The molecule has 0 aliphatic rings. The summed E-state index contributed by atoms with van der Waals surface area (Å²) in [5.74, 6) is 1.85. The minimum Gasteiger partial charge on any atom is -0.490 e. The molecule has 6 heteroatoms. The van der Waals surface area contributed by atoms with Crippen LogP contribution in [-0.2, 0) is 10.7 Å². The molecule has 0 spiro atoms. The molecular formula is C15H19N2O3P. The van der Waals surface area contributed by atoms with Crippen LogP contribution in [0.5, 0.6) is 11.5 Å². The van der Waals surface area contributed by atoms with Gasteiger partial charge in [0.1, 0.15) is 0 Å². The Labute approximate surface area is 125 Å². The second kappa shape index (κ2) is 7.79. The summed E-state index contributed by atoms with van der Waals surface area (Å²) >= 11 is 0. The average Bonchev–Trinajstić information content (AvgIpc) is 2.52. The van der Waals surface area contributed by atoms with E-state index < -0.39 is 8.46 Å². The van der Waals surface area contributed by atoms with Gasteiger partial charge in [0.05, 0.1) is 27.2 Å². The molecule has 0 aliphatic heterocycles. The monoisotopic (exact) mass is 306 g/mol. The van der Waals surface area contributed by atoms with E-state index in [-0.39, 0.29) is 0 Å². The fourth-order valence-corrected chi connectivity index (χ4v) is 2.56. The Bertz CT molecular complexity index is 605. The molecule has 0 fully saturated rings. The zero-order valence-electron chi connectivity index (χ0n) is 12.2. The van der Waals surface area contributed by atoms with Crippen LogP contribution in [0.3, 0.4) is 0 Å². The number of hydrogen-bond acceptors (Lipinski definition) is 5. The molecule has 0 bridgehead atoms. The summed E-state index contributed by atoms with van der Waals surface area (Å²) in [6.45, 7) is 4.85. The fraction of sp³-hybridized carbons (Fsp3) is 0.333. The van der Waals surface area contributed by atoms with Gasteiger partial charge in [-0.1, -0.05) is 6.07 Å². The van der Waals surface area contributed by atoms with Gasteiger partial charge < -0.3 is 14.0 Å². The van der Waals surface area contributed by atoms with E-state index in [1.54, 1.807) is 18.5 Å². The molecule has 1 heterocycles. The van der Waals surface area contributed by atoms with E-state index in [4.69, 9.17) is 9.47 Å². The maximum Gasteiger partial charge on any atom is 0.172 e. The summed E-state index contributed by atoms with van der Waals surface area (Å²) in [5.41, 5.74) is 1.68. The third kappa shape index (κ3) is 3.61. The Morgan fingerprint density at radius 1 is 1.05 bits per heavy atom. The molecule has 0 amide bonds. The highest BCUT2D eigenvalue weighted by molar-refractivity contribution is 7.22. The highest BCUT2D eigenvalue weighted by Crippen LogP contribution is 2.40. The Morgan fingerprint density at radius 2 is 1.71 bits per heavy atom. The molecule has 5 nitrogen and oxygen atoms in total. The molecule has 0 radical (unpaired) electrons. The molecule has 1 aromatic carbocycles. The van der Waals surface area contributed by atoms with Crippen molar-refractivity contribution in [3.05, 3.63) is 36.2 Å². The number of hydrogen-bond donors (Lipinski definition) is 0. The molecule has 2 rings (SSSR count). The number of aromatic nitrogens is 2. The zero-order valence-corrected chi connectivity index (χ0v) is 13.4. The summed E-state index contributed by atoms with van der Waals surface area (Å²) in [4.78, 5) is 8.53. The van der Waals surface area contributed by atoms with Crippen LogP contribution >= 0.6 is 8.46 Å². The first-order valence-corrected chi connectivity index (χ1v) is 8.23. The molecular weight excluding hydrogens is 287 g/mol. The van der Waals surface area contributed by atoms with Crippen LogP contribution in [0.4, 0.5) is 0 Å². The van der Waals surface area contributed by atoms with Crippen molar-refractivity contribution in [1.82, 2.24) is 9.97 Å². The van der Waals surface area contributed by atoms with Gasteiger partial charge >= 0.3 is 0 Å². The lowest BCUT2D eigenvalue weighted by molar-refractivity contribution is 0.287. The van der Waals surface area contributed by atoms with Gasteiger partial charge in [-0.25, -0.2) is 9.97 Å². The molecule has 21 heavy (non-hydrogen) atoms. The van der Waals surface area contributed by atoms with Crippen LogP contribution in [0.15, 0.2) is 30.6 Å². The molecule has 0 N–H and O–H groups in total. The van der Waals surface area contributed by atoms with E-state index >= 15 is 0 Å². The van der Waals surface area contributed by atoms with E-state index in [0.29, 0.717) is 36.7 Å². The van der Waals surface area contributed by atoms with E-state index in [1.165, 1.54) is 0 Å². The van der Waals surface area contributed by atoms with Gasteiger partial charge in [0.2, 0.25) is 0 Å². The molecule has 0 aliphatic carbocycles. The van der Waals surface area contributed by atoms with Crippen molar-refractivity contribution in [2.24, 2.45) is 0 Å². The minimum atomic E-state index is -0.882. The Morgan fingerprint density at radius 3 is 2.33 bits per heavy atom. The van der Waals surface area contributed by atoms with Gasteiger partial charge in [-0.2, -0.15) is 0 Å². The third-order valence-electron chi connectivity index (χ3n) is 2.88. The maximum absolute atomic E-state index is 11.0. The smallest absolute Gasteiger partial charge is 0.172 e. The molecule has 0 saturated carbocycles. The molecule has 1 unspecified atom stereocenters. The summed E-state index contributed by atoms with van der Waals surface area (Å²) in [7, 11) is -0.882. The van der Waals surface area contributed by atoms with Gasteiger partial charge in [0.15, 0.2) is 17.3 Å². The Hall–Kier alpha value is -1.87. The fourth-order valence-electron chi connectivity index (χ4n) is 2.06. The first-order chi connectivity index (χ1) is 10.3. The third-order valence-corrected chi connectivity index (χ3v) is 3.49. The number of rotatable bonds is 7. The predicted molar refractivity (Wildman–Crippen MR) is 83.9 cm³/mol. The standard InChI is InChI=1S/C15H19N2O3P/c1-3-19-13-11(10-21-18)6-7-12(14(13)20-4-2)15-16-8-5-9-17-15/h5-9H,3-4,10,21H2,1-2H3. The topological polar surface area (TPSA) is 61.3 Å². The number of ether oxygens (including phenoxy) is 2. The number of nitrogens with zero attached hydrogens (tertiary/aromatic N) is 2. The molecule has 112 valence electrons. The second-order valence-corrected chi connectivity index (χ2v) is 4.98. The van der Waals surface area contributed by atoms with Gasteiger partial charge in [-0.05, 0) is 26.0 Å². The van der Waals surface area contributed by atoms with E-state index in [0.717, 1.165) is 11.1 Å². The quantitative estimate of drug-likeness (QED) is 0.735. The van der Waals surface area contributed by atoms with Crippen LogP contribution in [-0.4, -0.2) is 23.2 Å². The van der Waals surface area contributed by atoms with Crippen molar-refractivity contribution in [3.63, 3.8) is 0 Å². The lowest BCUT2D eigenvalue weighted by atomic mass is 10.1. The zero-order chi connectivity index (χ0) is 15.1. The summed E-state index contributed by atoms with van der Waals surface area (Å²) in [6.07, 6.45) is 3.87. The predicted octanol–water partition coefficient (Wildman–Crippen LogP) is 3.20. The van der Waals surface area contributed by atoms with Crippen LogP contribution in [0.25, 0.3) is 11.4 Å². The van der Waals surface area contributed by atoms with Crippen molar-refractivity contribution < 1.29 is 14.0 Å². The van der Waals surface area contributed by atoms with Gasteiger partial charge in [-0.15, -0.1) is 0 Å². The van der Waals surface area contributed by atoms with Crippen LogP contribution in [0, 0.1) is 0 Å². The van der Waals surface area contributed by atoms with Crippen molar-refractivity contribution in [2.75, 3.05) is 13.2 Å². The first-order valence-electron chi connectivity index (χ1n) is 6.94. The lowest BCUT2D eigenvalue weighted by Gasteiger charge is -2.17. The van der Waals surface area contributed by atoms with Crippen LogP contribution in [0.2, 0.25) is 0 Å².